The number of aryl methyl sites for hydroxylation is 1. The molecule has 0 aliphatic carbocycles. The second-order valence-electron chi connectivity index (χ2n) is 2.78. The quantitative estimate of drug-likeness (QED) is 0.470. The summed E-state index contributed by atoms with van der Waals surface area (Å²) in [6.45, 7) is 6.16. The van der Waals surface area contributed by atoms with E-state index in [1.54, 1.807) is 12.1 Å². The number of hydrogen-bond donors (Lipinski definition) is 0. The van der Waals surface area contributed by atoms with Crippen LogP contribution in [-0.2, 0) is 16.0 Å². The van der Waals surface area contributed by atoms with Gasteiger partial charge in [0.2, 0.25) is 0 Å². The van der Waals surface area contributed by atoms with Gasteiger partial charge in [-0.3, -0.25) is 10.1 Å². The lowest BCUT2D eigenvalue weighted by molar-refractivity contribution is -0.384. The number of non-ortho nitro benzene ring substituents is 1. The third-order valence-corrected chi connectivity index (χ3v) is 2.56. The maximum atomic E-state index is 10.3. The van der Waals surface area contributed by atoms with Crippen molar-refractivity contribution in [3.63, 3.8) is 0 Å². The smallest absolute Gasteiger partial charge is 0.269 e. The van der Waals surface area contributed by atoms with E-state index in [2.05, 4.69) is 6.66 Å². The summed E-state index contributed by atoms with van der Waals surface area (Å²) in [5, 5.41) is 10.3. The van der Waals surface area contributed by atoms with Crippen molar-refractivity contribution in [3.05, 3.63) is 39.9 Å². The van der Waals surface area contributed by atoms with Crippen molar-refractivity contribution < 1.29 is 14.5 Å². The zero-order chi connectivity index (χ0) is 13.7. The van der Waals surface area contributed by atoms with E-state index in [1.165, 1.54) is 5.56 Å². The largest absolute Gasteiger partial charge is 0.307 e. The molecule has 1 aromatic carbocycles. The average Bonchev–Trinajstić information content (AvgIpc) is 2.41. The first-order valence-electron chi connectivity index (χ1n) is 4.69. The molecule has 1 aromatic rings. The van der Waals surface area contributed by atoms with Gasteiger partial charge >= 0.3 is 0 Å². The van der Waals surface area contributed by atoms with Gasteiger partial charge in [-0.1, -0.05) is 12.1 Å². The number of nitrogens with zero attached hydrogens (tertiary/aromatic N) is 1. The zero-order valence-electron chi connectivity index (χ0n) is 9.72. The van der Waals surface area contributed by atoms with E-state index in [1.807, 2.05) is 25.7 Å². The highest BCUT2D eigenvalue weighted by molar-refractivity contribution is 7.36. The molecule has 0 aliphatic rings. The van der Waals surface area contributed by atoms with Gasteiger partial charge in [-0.15, -0.1) is 8.58 Å². The SMILES string of the molecule is C=O.C=O.CPCCc1ccc([N+](=O)[O-])cc1. The minimum absolute atomic E-state index is 0.169. The van der Waals surface area contributed by atoms with E-state index in [4.69, 9.17) is 9.59 Å². The van der Waals surface area contributed by atoms with Gasteiger partial charge < -0.3 is 9.59 Å². The Labute approximate surface area is 102 Å². The standard InChI is InChI=1S/C9H12NO2P.2CH2O/c1-13-7-6-8-2-4-9(5-3-8)10(11)12;2*1-2/h2-5,13H,6-7H2,1H3;2*1H2. The van der Waals surface area contributed by atoms with Crippen molar-refractivity contribution in [2.45, 2.75) is 6.42 Å². The average molecular weight is 257 g/mol. The van der Waals surface area contributed by atoms with E-state index in [0.29, 0.717) is 0 Å². The van der Waals surface area contributed by atoms with Gasteiger partial charge in [0.25, 0.3) is 5.69 Å². The van der Waals surface area contributed by atoms with Crippen LogP contribution in [0.3, 0.4) is 0 Å². The zero-order valence-corrected chi connectivity index (χ0v) is 10.7. The summed E-state index contributed by atoms with van der Waals surface area (Å²) in [5.41, 5.74) is 1.35. The van der Waals surface area contributed by atoms with Crippen LogP contribution in [0.2, 0.25) is 0 Å². The van der Waals surface area contributed by atoms with E-state index in [-0.39, 0.29) is 10.6 Å². The van der Waals surface area contributed by atoms with Gasteiger partial charge in [0.15, 0.2) is 0 Å². The maximum Gasteiger partial charge on any atom is 0.269 e. The Morgan fingerprint density at radius 2 is 1.65 bits per heavy atom. The summed E-state index contributed by atoms with van der Waals surface area (Å²) in [7, 11) is 0.942. The summed E-state index contributed by atoms with van der Waals surface area (Å²) in [6, 6.07) is 6.79. The highest BCUT2D eigenvalue weighted by Gasteiger charge is 2.02. The summed E-state index contributed by atoms with van der Waals surface area (Å²) >= 11 is 0. The molecule has 94 valence electrons. The monoisotopic (exact) mass is 257 g/mol. The van der Waals surface area contributed by atoms with Crippen LogP contribution in [0.1, 0.15) is 5.56 Å². The van der Waals surface area contributed by atoms with Crippen LogP contribution in [0, 0.1) is 10.1 Å². The molecule has 0 bridgehead atoms. The van der Waals surface area contributed by atoms with Gasteiger partial charge in [-0.05, 0) is 24.8 Å². The first-order valence-corrected chi connectivity index (χ1v) is 6.40. The fourth-order valence-electron chi connectivity index (χ4n) is 1.05. The molecule has 0 amide bonds. The Kier molecular flexibility index (Phi) is 13.0. The number of nitro groups is 1. The van der Waals surface area contributed by atoms with E-state index in [0.717, 1.165) is 21.2 Å². The molecule has 0 aliphatic heterocycles. The number of hydrogen-bond acceptors (Lipinski definition) is 4. The summed E-state index contributed by atoms with van der Waals surface area (Å²) in [6.07, 6.45) is 2.19. The summed E-state index contributed by atoms with van der Waals surface area (Å²) in [4.78, 5) is 26.0. The fraction of sp³-hybridized carbons (Fsp3) is 0.273. The van der Waals surface area contributed by atoms with Crippen LogP contribution in [0.4, 0.5) is 5.69 Å². The Hall–Kier alpha value is -1.61. The van der Waals surface area contributed by atoms with Gasteiger partial charge in [0.1, 0.15) is 13.6 Å². The summed E-state index contributed by atoms with van der Waals surface area (Å²) in [5.74, 6) is 0. The molecular weight excluding hydrogens is 241 g/mol. The molecule has 1 atom stereocenters. The first kappa shape index (κ1) is 17.8. The normalized spacial score (nSPS) is 8.76. The number of carbonyl (C=O) groups is 2. The van der Waals surface area contributed by atoms with Crippen molar-refractivity contribution in [1.29, 1.82) is 0 Å². The Morgan fingerprint density at radius 1 is 1.18 bits per heavy atom. The van der Waals surface area contributed by atoms with Crippen molar-refractivity contribution >= 4 is 27.8 Å². The van der Waals surface area contributed by atoms with Gasteiger partial charge in [-0.2, -0.15) is 0 Å². The molecule has 1 unspecified atom stereocenters. The van der Waals surface area contributed by atoms with Crippen molar-refractivity contribution in [1.82, 2.24) is 0 Å². The molecule has 0 radical (unpaired) electrons. The first-order chi connectivity index (χ1) is 8.24. The van der Waals surface area contributed by atoms with E-state index >= 15 is 0 Å². The fourth-order valence-corrected chi connectivity index (χ4v) is 1.59. The van der Waals surface area contributed by atoms with Crippen molar-refractivity contribution in [2.75, 3.05) is 12.8 Å². The molecule has 1 rings (SSSR count). The minimum Gasteiger partial charge on any atom is -0.307 e. The Balaban J connectivity index is 0. The maximum absolute atomic E-state index is 10.3. The Morgan fingerprint density at radius 3 is 2.00 bits per heavy atom. The number of nitro benzene ring substituents is 1. The van der Waals surface area contributed by atoms with Crippen LogP contribution in [0.5, 0.6) is 0 Å². The van der Waals surface area contributed by atoms with E-state index in [9.17, 15) is 10.1 Å². The van der Waals surface area contributed by atoms with Crippen LogP contribution in [0.15, 0.2) is 24.3 Å². The third-order valence-electron chi connectivity index (χ3n) is 1.81. The van der Waals surface area contributed by atoms with Gasteiger partial charge in [0, 0.05) is 12.1 Å². The highest BCUT2D eigenvalue weighted by atomic mass is 31.1. The van der Waals surface area contributed by atoms with Crippen molar-refractivity contribution in [2.24, 2.45) is 0 Å². The molecule has 6 heteroatoms. The van der Waals surface area contributed by atoms with E-state index < -0.39 is 0 Å². The minimum atomic E-state index is -0.370. The highest BCUT2D eigenvalue weighted by Crippen LogP contribution is 2.14. The number of carbonyl (C=O) groups excluding carboxylic acids is 2. The third kappa shape index (κ3) is 8.22. The van der Waals surface area contributed by atoms with Gasteiger partial charge in [0.05, 0.1) is 4.92 Å². The molecule has 0 saturated carbocycles. The molecule has 0 saturated heterocycles. The number of benzene rings is 1. The predicted molar refractivity (Wildman–Crippen MR) is 70.1 cm³/mol. The lowest BCUT2D eigenvalue weighted by atomic mass is 10.1. The lowest BCUT2D eigenvalue weighted by Gasteiger charge is -1.98. The molecule has 0 fully saturated rings. The van der Waals surface area contributed by atoms with Crippen molar-refractivity contribution in [3.8, 4) is 0 Å². The van der Waals surface area contributed by atoms with Gasteiger partial charge in [-0.25, -0.2) is 0 Å². The molecule has 0 spiro atoms. The molecule has 17 heavy (non-hydrogen) atoms. The molecule has 0 aromatic heterocycles. The predicted octanol–water partition coefficient (Wildman–Crippen LogP) is 2.08. The molecule has 0 N–H and O–H groups in total. The second kappa shape index (κ2) is 12.5. The molecular formula is C11H16NO4P. The molecule has 5 nitrogen and oxygen atoms in total. The summed E-state index contributed by atoms with van der Waals surface area (Å²) < 4.78 is 0. The lowest BCUT2D eigenvalue weighted by Crippen LogP contribution is -1.90. The van der Waals surface area contributed by atoms with Crippen LogP contribution in [0.25, 0.3) is 0 Å². The second-order valence-corrected chi connectivity index (χ2v) is 3.98. The Bertz CT molecular complexity index is 314. The van der Waals surface area contributed by atoms with Crippen LogP contribution >= 0.6 is 8.58 Å². The van der Waals surface area contributed by atoms with Crippen LogP contribution < -0.4 is 0 Å². The topological polar surface area (TPSA) is 77.3 Å². The van der Waals surface area contributed by atoms with Crippen LogP contribution in [-0.4, -0.2) is 31.3 Å². The number of rotatable bonds is 4. The molecule has 0 heterocycles.